The lowest BCUT2D eigenvalue weighted by Gasteiger charge is -2.11. The highest BCUT2D eigenvalue weighted by Crippen LogP contribution is 2.24. The molecule has 3 nitrogen and oxygen atoms in total. The summed E-state index contributed by atoms with van der Waals surface area (Å²) in [6.07, 6.45) is 0. The number of aryl methyl sites for hydroxylation is 1. The van der Waals surface area contributed by atoms with Crippen molar-refractivity contribution in [3.8, 4) is 0 Å². The van der Waals surface area contributed by atoms with Crippen molar-refractivity contribution < 1.29 is 8.42 Å². The van der Waals surface area contributed by atoms with Gasteiger partial charge in [0.2, 0.25) is 0 Å². The first-order chi connectivity index (χ1) is 8.88. The van der Waals surface area contributed by atoms with Gasteiger partial charge >= 0.3 is 0 Å². The van der Waals surface area contributed by atoms with E-state index in [0.717, 1.165) is 8.95 Å². The van der Waals surface area contributed by atoms with Crippen molar-refractivity contribution in [2.45, 2.75) is 11.8 Å². The highest BCUT2D eigenvalue weighted by atomic mass is 79.9. The van der Waals surface area contributed by atoms with Crippen molar-refractivity contribution in [1.82, 2.24) is 0 Å². The Morgan fingerprint density at radius 2 is 1.68 bits per heavy atom. The highest BCUT2D eigenvalue weighted by Gasteiger charge is 2.17. The van der Waals surface area contributed by atoms with Crippen molar-refractivity contribution in [3.05, 3.63) is 57.0 Å². The molecular formula is C13H11Br2NO2S. The van der Waals surface area contributed by atoms with Crippen LogP contribution in [0.25, 0.3) is 0 Å². The Bertz CT molecular complexity index is 714. The molecule has 19 heavy (non-hydrogen) atoms. The molecule has 0 fully saturated rings. The smallest absolute Gasteiger partial charge is 0.262 e. The summed E-state index contributed by atoms with van der Waals surface area (Å²) in [6.45, 7) is 1.77. The summed E-state index contributed by atoms with van der Waals surface area (Å²) < 4.78 is 28.8. The van der Waals surface area contributed by atoms with Crippen LogP contribution in [-0.4, -0.2) is 8.42 Å². The van der Waals surface area contributed by atoms with Gasteiger partial charge in [0.1, 0.15) is 0 Å². The van der Waals surface area contributed by atoms with Gasteiger partial charge in [-0.25, -0.2) is 8.42 Å². The van der Waals surface area contributed by atoms with E-state index in [0.29, 0.717) is 11.3 Å². The van der Waals surface area contributed by atoms with Crippen LogP contribution in [0, 0.1) is 6.92 Å². The van der Waals surface area contributed by atoms with Gasteiger partial charge in [0.25, 0.3) is 10.0 Å². The molecule has 0 amide bonds. The van der Waals surface area contributed by atoms with Crippen molar-refractivity contribution in [2.75, 3.05) is 4.72 Å². The molecule has 0 aromatic heterocycles. The van der Waals surface area contributed by atoms with Gasteiger partial charge in [0, 0.05) is 14.6 Å². The van der Waals surface area contributed by atoms with E-state index in [2.05, 4.69) is 36.6 Å². The predicted molar refractivity (Wildman–Crippen MR) is 83.8 cm³/mol. The Hall–Kier alpha value is -0.850. The Balaban J connectivity index is 2.40. The van der Waals surface area contributed by atoms with Crippen LogP contribution in [0.2, 0.25) is 0 Å². The third-order valence-corrected chi connectivity index (χ3v) is 5.03. The van der Waals surface area contributed by atoms with Crippen molar-refractivity contribution in [1.29, 1.82) is 0 Å². The van der Waals surface area contributed by atoms with Gasteiger partial charge in [-0.2, -0.15) is 0 Å². The van der Waals surface area contributed by atoms with Crippen LogP contribution < -0.4 is 4.72 Å². The number of halogens is 2. The molecule has 0 unspecified atom stereocenters. The molecule has 2 aromatic carbocycles. The van der Waals surface area contributed by atoms with E-state index in [9.17, 15) is 8.42 Å². The molecule has 0 saturated carbocycles. The monoisotopic (exact) mass is 403 g/mol. The minimum atomic E-state index is -3.58. The third kappa shape index (κ3) is 3.58. The Labute approximate surface area is 129 Å². The molecule has 2 aromatic rings. The fraction of sp³-hybridized carbons (Fsp3) is 0.0769. The van der Waals surface area contributed by atoms with Gasteiger partial charge in [-0.05, 0) is 42.8 Å². The Kier molecular flexibility index (Phi) is 4.32. The second-order valence-corrected chi connectivity index (χ2v) is 7.51. The molecule has 100 valence electrons. The van der Waals surface area contributed by atoms with E-state index in [4.69, 9.17) is 0 Å². The average Bonchev–Trinajstić information content (AvgIpc) is 2.31. The second-order valence-electron chi connectivity index (χ2n) is 4.03. The quantitative estimate of drug-likeness (QED) is 0.827. The maximum absolute atomic E-state index is 12.3. The molecule has 0 aliphatic rings. The van der Waals surface area contributed by atoms with Crippen molar-refractivity contribution in [2.24, 2.45) is 0 Å². The minimum absolute atomic E-state index is 0.266. The fourth-order valence-corrected chi connectivity index (χ4v) is 3.86. The zero-order chi connectivity index (χ0) is 14.0. The topological polar surface area (TPSA) is 46.2 Å². The van der Waals surface area contributed by atoms with E-state index in [1.807, 2.05) is 12.1 Å². The van der Waals surface area contributed by atoms with E-state index in [-0.39, 0.29) is 4.90 Å². The lowest BCUT2D eigenvalue weighted by molar-refractivity contribution is 0.600. The molecule has 0 heterocycles. The zero-order valence-corrected chi connectivity index (χ0v) is 14.0. The largest absolute Gasteiger partial charge is 0.280 e. The molecule has 0 aliphatic carbocycles. The van der Waals surface area contributed by atoms with Gasteiger partial charge in [0.15, 0.2) is 0 Å². The predicted octanol–water partition coefficient (Wildman–Crippen LogP) is 4.32. The van der Waals surface area contributed by atoms with Gasteiger partial charge in [0.05, 0.1) is 4.90 Å². The van der Waals surface area contributed by atoms with Crippen LogP contribution in [0.5, 0.6) is 0 Å². The molecule has 0 saturated heterocycles. The summed E-state index contributed by atoms with van der Waals surface area (Å²) in [4.78, 5) is 0.266. The first-order valence-electron chi connectivity index (χ1n) is 5.43. The summed E-state index contributed by atoms with van der Waals surface area (Å²) in [6, 6.07) is 12.2. The minimum Gasteiger partial charge on any atom is -0.280 e. The van der Waals surface area contributed by atoms with Crippen LogP contribution >= 0.6 is 31.9 Å². The maximum atomic E-state index is 12.3. The summed E-state index contributed by atoms with van der Waals surface area (Å²) in [7, 11) is -3.58. The van der Waals surface area contributed by atoms with Crippen LogP contribution in [0.1, 0.15) is 5.56 Å². The molecule has 0 spiro atoms. The highest BCUT2D eigenvalue weighted by molar-refractivity contribution is 9.10. The first-order valence-corrected chi connectivity index (χ1v) is 8.50. The van der Waals surface area contributed by atoms with E-state index >= 15 is 0 Å². The lowest BCUT2D eigenvalue weighted by Crippen LogP contribution is -2.14. The normalized spacial score (nSPS) is 11.3. The second kappa shape index (κ2) is 5.64. The molecule has 0 bridgehead atoms. The number of nitrogens with one attached hydrogen (secondary N) is 1. The van der Waals surface area contributed by atoms with Crippen molar-refractivity contribution >= 4 is 47.6 Å². The molecule has 0 radical (unpaired) electrons. The number of sulfonamides is 1. The van der Waals surface area contributed by atoms with E-state index in [1.54, 1.807) is 37.3 Å². The molecule has 0 atom stereocenters. The molecule has 6 heteroatoms. The average molecular weight is 405 g/mol. The van der Waals surface area contributed by atoms with E-state index < -0.39 is 10.0 Å². The third-order valence-electron chi connectivity index (χ3n) is 2.52. The summed E-state index contributed by atoms with van der Waals surface area (Å²) in [5.41, 5.74) is 1.22. The number of hydrogen-bond acceptors (Lipinski definition) is 2. The molecular weight excluding hydrogens is 394 g/mol. The van der Waals surface area contributed by atoms with Gasteiger partial charge in [-0.3, -0.25) is 4.72 Å². The first kappa shape index (κ1) is 14.6. The molecule has 2 rings (SSSR count). The van der Waals surface area contributed by atoms with Gasteiger partial charge < -0.3 is 0 Å². The lowest BCUT2D eigenvalue weighted by atomic mass is 10.2. The molecule has 1 N–H and O–H groups in total. The van der Waals surface area contributed by atoms with E-state index in [1.165, 1.54) is 0 Å². The van der Waals surface area contributed by atoms with Crippen LogP contribution in [-0.2, 0) is 10.0 Å². The zero-order valence-electron chi connectivity index (χ0n) is 10.0. The number of anilines is 1. The molecule has 0 aliphatic heterocycles. The number of hydrogen-bond donors (Lipinski definition) is 1. The maximum Gasteiger partial charge on any atom is 0.262 e. The standard InChI is InChI=1S/C13H11Br2NO2S/c1-9-5-6-11(15)8-13(9)19(17,18)16-12-4-2-3-10(14)7-12/h2-8,16H,1H3. The fourth-order valence-electron chi connectivity index (χ4n) is 1.63. The number of rotatable bonds is 3. The Morgan fingerprint density at radius 3 is 2.37 bits per heavy atom. The van der Waals surface area contributed by atoms with Crippen molar-refractivity contribution in [3.63, 3.8) is 0 Å². The Morgan fingerprint density at radius 1 is 1.00 bits per heavy atom. The van der Waals surface area contributed by atoms with Crippen LogP contribution in [0.15, 0.2) is 56.3 Å². The summed E-state index contributed by atoms with van der Waals surface area (Å²) in [5, 5.41) is 0. The van der Waals surface area contributed by atoms with Crippen LogP contribution in [0.4, 0.5) is 5.69 Å². The number of benzene rings is 2. The summed E-state index contributed by atoms with van der Waals surface area (Å²) in [5.74, 6) is 0. The van der Waals surface area contributed by atoms with Crippen LogP contribution in [0.3, 0.4) is 0 Å². The SMILES string of the molecule is Cc1ccc(Br)cc1S(=O)(=O)Nc1cccc(Br)c1. The van der Waals surface area contributed by atoms with Gasteiger partial charge in [-0.15, -0.1) is 0 Å². The summed E-state index contributed by atoms with van der Waals surface area (Å²) >= 11 is 6.60. The van der Waals surface area contributed by atoms with Gasteiger partial charge in [-0.1, -0.05) is 44.0 Å².